The van der Waals surface area contributed by atoms with Gasteiger partial charge < -0.3 is 5.32 Å². The summed E-state index contributed by atoms with van der Waals surface area (Å²) >= 11 is 0. The Bertz CT molecular complexity index is 762. The lowest BCUT2D eigenvalue weighted by Gasteiger charge is -2.30. The SMILES string of the molecule is CON1ON(Cc2ccc3c(c2)C(C(C)C)CCN3)c2ccccc21. The van der Waals surface area contributed by atoms with Gasteiger partial charge >= 0.3 is 0 Å². The third-order valence-corrected chi connectivity index (χ3v) is 5.10. The van der Waals surface area contributed by atoms with Gasteiger partial charge in [-0.15, -0.1) is 4.94 Å². The van der Waals surface area contributed by atoms with Gasteiger partial charge in [-0.2, -0.15) is 0 Å². The Balaban J connectivity index is 1.61. The molecule has 132 valence electrons. The number of hydrogen-bond acceptors (Lipinski definition) is 5. The van der Waals surface area contributed by atoms with Gasteiger partial charge in [-0.25, -0.2) is 5.06 Å². The molecular formula is C20H25N3O2. The van der Waals surface area contributed by atoms with Crippen LogP contribution in [0, 0.1) is 5.92 Å². The third kappa shape index (κ3) is 2.94. The predicted molar refractivity (Wildman–Crippen MR) is 100 cm³/mol. The summed E-state index contributed by atoms with van der Waals surface area (Å²) in [6, 6.07) is 14.7. The molecule has 0 aliphatic carbocycles. The van der Waals surface area contributed by atoms with Crippen LogP contribution in [0.25, 0.3) is 0 Å². The molecule has 1 unspecified atom stereocenters. The zero-order chi connectivity index (χ0) is 17.4. The summed E-state index contributed by atoms with van der Waals surface area (Å²) in [6.45, 7) is 6.35. The summed E-state index contributed by atoms with van der Waals surface area (Å²) in [6.07, 6.45) is 1.19. The van der Waals surface area contributed by atoms with E-state index in [2.05, 4.69) is 37.4 Å². The fraction of sp³-hybridized carbons (Fsp3) is 0.400. The number of nitrogens with one attached hydrogen (secondary N) is 1. The van der Waals surface area contributed by atoms with Crippen molar-refractivity contribution in [1.82, 2.24) is 0 Å². The van der Waals surface area contributed by atoms with Crippen molar-refractivity contribution in [3.05, 3.63) is 53.6 Å². The lowest BCUT2D eigenvalue weighted by molar-refractivity contribution is -0.0676. The third-order valence-electron chi connectivity index (χ3n) is 5.10. The highest BCUT2D eigenvalue weighted by molar-refractivity contribution is 5.71. The first kappa shape index (κ1) is 16.2. The molecule has 0 bridgehead atoms. The largest absolute Gasteiger partial charge is 0.385 e. The van der Waals surface area contributed by atoms with Gasteiger partial charge in [-0.05, 0) is 47.6 Å². The Morgan fingerprint density at radius 3 is 2.76 bits per heavy atom. The van der Waals surface area contributed by atoms with E-state index in [9.17, 15) is 0 Å². The van der Waals surface area contributed by atoms with Gasteiger partial charge in [0.1, 0.15) is 5.69 Å². The first-order valence-corrected chi connectivity index (χ1v) is 8.93. The fourth-order valence-corrected chi connectivity index (χ4v) is 3.81. The number of nitrogens with zero attached hydrogens (tertiary/aromatic N) is 2. The second kappa shape index (κ2) is 6.58. The monoisotopic (exact) mass is 339 g/mol. The molecule has 5 nitrogen and oxygen atoms in total. The number of hydroxylamine groups is 1. The molecule has 0 saturated carbocycles. The molecule has 0 radical (unpaired) electrons. The Kier molecular flexibility index (Phi) is 4.27. The second-order valence-electron chi connectivity index (χ2n) is 7.03. The van der Waals surface area contributed by atoms with Gasteiger partial charge in [-0.1, -0.05) is 43.3 Å². The summed E-state index contributed by atoms with van der Waals surface area (Å²) < 4.78 is 0. The van der Waals surface area contributed by atoms with Crippen LogP contribution in [0.15, 0.2) is 42.5 Å². The first-order valence-electron chi connectivity index (χ1n) is 8.93. The second-order valence-corrected chi connectivity index (χ2v) is 7.03. The van der Waals surface area contributed by atoms with Crippen LogP contribution in [0.5, 0.6) is 0 Å². The van der Waals surface area contributed by atoms with Crippen LogP contribution in [-0.4, -0.2) is 13.7 Å². The lowest BCUT2D eigenvalue weighted by atomic mass is 9.82. The average Bonchev–Trinajstić information content (AvgIpc) is 2.99. The zero-order valence-corrected chi connectivity index (χ0v) is 15.0. The molecule has 2 heterocycles. The Hall–Kier alpha value is -2.24. The molecule has 2 aromatic rings. The minimum Gasteiger partial charge on any atom is -0.385 e. The van der Waals surface area contributed by atoms with E-state index in [1.54, 1.807) is 7.11 Å². The Labute approximate surface area is 149 Å². The number of fused-ring (bicyclic) bond motifs is 2. The number of para-hydroxylation sites is 2. The van der Waals surface area contributed by atoms with Crippen LogP contribution in [0.2, 0.25) is 0 Å². The van der Waals surface area contributed by atoms with Gasteiger partial charge in [0.05, 0.1) is 19.3 Å². The van der Waals surface area contributed by atoms with Crippen molar-refractivity contribution >= 4 is 17.1 Å². The molecule has 2 aromatic carbocycles. The average molecular weight is 339 g/mol. The van der Waals surface area contributed by atoms with Crippen molar-refractivity contribution in [1.29, 1.82) is 0 Å². The van der Waals surface area contributed by atoms with Crippen molar-refractivity contribution in [3.8, 4) is 0 Å². The van der Waals surface area contributed by atoms with Crippen LogP contribution in [0.3, 0.4) is 0 Å². The quantitative estimate of drug-likeness (QED) is 0.889. The van der Waals surface area contributed by atoms with Crippen molar-refractivity contribution in [3.63, 3.8) is 0 Å². The van der Waals surface area contributed by atoms with Crippen LogP contribution < -0.4 is 15.6 Å². The van der Waals surface area contributed by atoms with Crippen molar-refractivity contribution in [2.75, 3.05) is 29.3 Å². The van der Waals surface area contributed by atoms with Crippen molar-refractivity contribution < 1.29 is 9.78 Å². The summed E-state index contributed by atoms with van der Waals surface area (Å²) in [4.78, 5) is 11.1. The van der Waals surface area contributed by atoms with Crippen LogP contribution >= 0.6 is 0 Å². The van der Waals surface area contributed by atoms with E-state index in [-0.39, 0.29) is 0 Å². The molecule has 1 atom stereocenters. The van der Waals surface area contributed by atoms with Gasteiger partial charge in [0.2, 0.25) is 0 Å². The molecule has 25 heavy (non-hydrogen) atoms. The van der Waals surface area contributed by atoms with Gasteiger partial charge in [0, 0.05) is 12.2 Å². The fourth-order valence-electron chi connectivity index (χ4n) is 3.81. The maximum Gasteiger partial charge on any atom is 0.123 e. The number of hydrogen-bond donors (Lipinski definition) is 1. The summed E-state index contributed by atoms with van der Waals surface area (Å²) in [7, 11) is 1.61. The molecule has 1 N–H and O–H groups in total. The molecule has 0 amide bonds. The van der Waals surface area contributed by atoms with E-state index < -0.39 is 0 Å². The highest BCUT2D eigenvalue weighted by Gasteiger charge is 2.29. The topological polar surface area (TPSA) is 37.0 Å². The van der Waals surface area contributed by atoms with E-state index >= 15 is 0 Å². The standard InChI is InChI=1S/C20H25N3O2/c1-14(2)16-10-11-21-18-9-8-15(12-17(16)18)13-22-19-6-4-5-7-20(19)23(24-3)25-22/h4-9,12,14,16,21H,10-11,13H2,1-3H3. The molecule has 5 heteroatoms. The van der Waals surface area contributed by atoms with E-state index in [1.165, 1.54) is 28.5 Å². The Morgan fingerprint density at radius 1 is 1.20 bits per heavy atom. The zero-order valence-electron chi connectivity index (χ0n) is 15.0. The van der Waals surface area contributed by atoms with Crippen molar-refractivity contribution in [2.24, 2.45) is 5.92 Å². The lowest BCUT2D eigenvalue weighted by Crippen LogP contribution is -2.27. The van der Waals surface area contributed by atoms with Gasteiger partial charge in [-0.3, -0.25) is 4.84 Å². The molecule has 0 spiro atoms. The van der Waals surface area contributed by atoms with E-state index in [0.717, 1.165) is 17.9 Å². The molecule has 0 saturated heterocycles. The summed E-state index contributed by atoms with van der Waals surface area (Å²) in [5.74, 6) is 1.25. The molecule has 4 rings (SSSR count). The van der Waals surface area contributed by atoms with E-state index in [4.69, 9.17) is 9.78 Å². The van der Waals surface area contributed by atoms with Crippen LogP contribution in [0.4, 0.5) is 17.1 Å². The molecule has 2 aliphatic rings. The number of benzene rings is 2. The molecule has 0 fully saturated rings. The number of anilines is 3. The van der Waals surface area contributed by atoms with Gasteiger partial charge in [0.15, 0.2) is 0 Å². The maximum absolute atomic E-state index is 5.83. The predicted octanol–water partition coefficient (Wildman–Crippen LogP) is 4.48. The van der Waals surface area contributed by atoms with Crippen molar-refractivity contribution in [2.45, 2.75) is 32.7 Å². The smallest absolute Gasteiger partial charge is 0.123 e. The summed E-state index contributed by atoms with van der Waals surface area (Å²) in [5.41, 5.74) is 5.87. The van der Waals surface area contributed by atoms with E-state index in [0.29, 0.717) is 18.4 Å². The minimum absolute atomic E-state index is 0.610. The molecular weight excluding hydrogens is 314 g/mol. The first-order chi connectivity index (χ1) is 12.2. The van der Waals surface area contributed by atoms with Crippen LogP contribution in [0.1, 0.15) is 37.3 Å². The van der Waals surface area contributed by atoms with Crippen LogP contribution in [-0.2, 0) is 16.3 Å². The maximum atomic E-state index is 5.83. The summed E-state index contributed by atoms with van der Waals surface area (Å²) in [5, 5.41) is 6.85. The highest BCUT2D eigenvalue weighted by atomic mass is 17.0. The normalized spacial score (nSPS) is 19.0. The number of rotatable bonds is 4. The van der Waals surface area contributed by atoms with E-state index in [1.807, 2.05) is 29.3 Å². The molecule has 0 aromatic heterocycles. The minimum atomic E-state index is 0.610. The Morgan fingerprint density at radius 2 is 2.00 bits per heavy atom. The molecule has 2 aliphatic heterocycles. The highest BCUT2D eigenvalue weighted by Crippen LogP contribution is 2.40. The van der Waals surface area contributed by atoms with Gasteiger partial charge in [0.25, 0.3) is 0 Å².